The Balaban J connectivity index is 0. The fraction of sp³-hybridized carbons (Fsp3) is 0.500. The molecule has 0 saturated heterocycles. The summed E-state index contributed by atoms with van der Waals surface area (Å²) in [6.45, 7) is -0.0299. The Morgan fingerprint density at radius 3 is 0.614 bits per heavy atom. The lowest BCUT2D eigenvalue weighted by Crippen LogP contribution is -2.30. The van der Waals surface area contributed by atoms with Gasteiger partial charge in [-0.15, -0.1) is 0 Å². The predicted molar refractivity (Wildman–Crippen MR) is 172 cm³/mol. The van der Waals surface area contributed by atoms with E-state index in [1.165, 1.54) is 0 Å². The van der Waals surface area contributed by atoms with E-state index in [9.17, 15) is 36.5 Å². The first kappa shape index (κ1) is 45.4. The highest BCUT2D eigenvalue weighted by Gasteiger charge is 2.15. The number of hydroxylamine groups is 8. The molecule has 0 aliphatic carbocycles. The first-order valence-corrected chi connectivity index (χ1v) is 22.1. The summed E-state index contributed by atoms with van der Waals surface area (Å²) in [7, 11) is -18.1. The number of unbranched alkanes of at least 4 members (excludes halogenated alkanes) is 3. The van der Waals surface area contributed by atoms with Gasteiger partial charge in [-0.3, -0.25) is 0 Å². The van der Waals surface area contributed by atoms with Gasteiger partial charge in [0, 0.05) is 0 Å². The van der Waals surface area contributed by atoms with E-state index in [2.05, 4.69) is 68.9 Å². The zero-order chi connectivity index (χ0) is 34.2. The van der Waals surface area contributed by atoms with Crippen molar-refractivity contribution in [1.82, 2.24) is 20.9 Å². The molecular formula is C16H32N4O16P8. The molecule has 0 radical (unpaired) electrons. The molecule has 0 aromatic carbocycles. The van der Waals surface area contributed by atoms with Gasteiger partial charge < -0.3 is 0 Å². The summed E-state index contributed by atoms with van der Waals surface area (Å²) in [6, 6.07) is 0. The molecule has 0 aromatic rings. The highest BCUT2D eigenvalue weighted by Crippen LogP contribution is 2.21. The van der Waals surface area contributed by atoms with E-state index in [0.29, 0.717) is 36.1 Å². The van der Waals surface area contributed by atoms with E-state index >= 15 is 0 Å². The molecule has 8 unspecified atom stereocenters. The van der Waals surface area contributed by atoms with Crippen molar-refractivity contribution in [3.05, 3.63) is 0 Å². The molecule has 0 fully saturated rings. The van der Waals surface area contributed by atoms with Crippen LogP contribution in [-0.2, 0) is 73.5 Å². The summed E-state index contributed by atoms with van der Waals surface area (Å²) < 4.78 is 124. The maximum Gasteiger partial charge on any atom is 0.251 e. The van der Waals surface area contributed by atoms with Crippen LogP contribution in [0.1, 0.15) is 25.7 Å². The number of hydrogen-bond donors (Lipinski definition) is 0. The van der Waals surface area contributed by atoms with Crippen LogP contribution in [-0.4, -0.2) is 97.5 Å². The van der Waals surface area contributed by atoms with Crippen molar-refractivity contribution in [1.29, 1.82) is 0 Å². The van der Waals surface area contributed by atoms with Crippen LogP contribution in [0.15, 0.2) is 0 Å². The Labute approximate surface area is 257 Å². The van der Waals surface area contributed by atoms with E-state index in [1.54, 1.807) is 0 Å². The van der Waals surface area contributed by atoms with Crippen LogP contribution in [0.25, 0.3) is 0 Å². The van der Waals surface area contributed by atoms with Crippen molar-refractivity contribution < 1.29 is 73.5 Å². The molecule has 0 aromatic heterocycles. The van der Waals surface area contributed by atoms with Crippen molar-refractivity contribution in [2.75, 3.05) is 26.2 Å². The zero-order valence-corrected chi connectivity index (χ0v) is 30.4. The predicted octanol–water partition coefficient (Wildman–Crippen LogP) is 5.59. The van der Waals surface area contributed by atoms with Crippen molar-refractivity contribution in [3.63, 3.8) is 0 Å². The summed E-state index contributed by atoms with van der Waals surface area (Å²) in [5, 5.41) is 2.83. The molecular weight excluding hydrogens is 752 g/mol. The van der Waals surface area contributed by atoms with E-state index < -0.39 is 61.2 Å². The van der Waals surface area contributed by atoms with Crippen LogP contribution in [0.4, 0.5) is 0 Å². The second-order valence-corrected chi connectivity index (χ2v) is 13.6. The van der Waals surface area contributed by atoms with E-state index in [1.807, 2.05) is 0 Å². The Hall–Kier alpha value is -0.720. The van der Waals surface area contributed by atoms with Crippen molar-refractivity contribution in [2.45, 2.75) is 25.7 Å². The lowest BCUT2D eigenvalue weighted by Gasteiger charge is -2.18. The quantitative estimate of drug-likeness (QED) is 0.0592. The highest BCUT2D eigenvalue weighted by molar-refractivity contribution is 7.39. The van der Waals surface area contributed by atoms with E-state index in [-0.39, 0.29) is 26.2 Å². The van der Waals surface area contributed by atoms with Crippen LogP contribution in [0.2, 0.25) is 0 Å². The largest absolute Gasteiger partial charge is 0.251 e. The number of nitrogens with zero attached hydrogens (tertiary/aromatic N) is 4. The van der Waals surface area contributed by atoms with Crippen LogP contribution in [0.3, 0.4) is 0 Å². The van der Waals surface area contributed by atoms with E-state index in [0.717, 1.165) is 10.5 Å². The molecule has 20 nitrogen and oxygen atoms in total. The summed E-state index contributed by atoms with van der Waals surface area (Å²) in [6.07, 6.45) is 27.6. The number of hydrogen-bond acceptors (Lipinski definition) is 20. The Morgan fingerprint density at radius 1 is 0.295 bits per heavy atom. The van der Waals surface area contributed by atoms with Gasteiger partial charge in [-0.2, -0.15) is 37.0 Å². The average molecular weight is 784 g/mol. The molecule has 252 valence electrons. The SMILES string of the molecule is C=P(=O)ON(CCCCCCN(OP(=C)=O)OP(=C)=O)OP(=C)=O.C=P(=O)ON(CCN(OP(=C)=O)OP(=C)=O)OP(=C)=O. The first-order chi connectivity index (χ1) is 20.4. The Bertz CT molecular complexity index is 1190. The van der Waals surface area contributed by atoms with Crippen LogP contribution >= 0.6 is 61.2 Å². The maximum atomic E-state index is 10.9. The standard InChI is InChI=1S/C10H20N2O8P4.C6H12N2O8P4/c1-21(13)17-11(18-22(2)14)9-7-5-6-8-10-12(19-23(3)15)20-24(4)16;1-17(9)13-7(14-18(2)10)5-6-8(15-19(3)11)16-20(4)12/h1-10H2;1-6H2. The molecule has 0 aliphatic rings. The molecule has 8 atom stereocenters. The minimum atomic E-state index is -2.33. The highest BCUT2D eigenvalue weighted by atomic mass is 31.1. The van der Waals surface area contributed by atoms with Gasteiger partial charge in [-0.1, -0.05) is 12.8 Å². The molecule has 28 heteroatoms. The van der Waals surface area contributed by atoms with Gasteiger partial charge in [-0.05, 0) is 84.1 Å². The summed E-state index contributed by atoms with van der Waals surface area (Å²) >= 11 is 0. The second kappa shape index (κ2) is 27.4. The lowest BCUT2D eigenvalue weighted by molar-refractivity contribution is -0.287. The smallest absolute Gasteiger partial charge is 0.250 e. The molecule has 0 aliphatic heterocycles. The fourth-order valence-electron chi connectivity index (χ4n) is 2.20. The fourth-order valence-corrected chi connectivity index (χ4v) is 4.95. The Morgan fingerprint density at radius 2 is 0.455 bits per heavy atom. The first-order valence-electron chi connectivity index (χ1n) is 11.2. The van der Waals surface area contributed by atoms with Gasteiger partial charge >= 0.3 is 0 Å². The molecule has 0 rings (SSSR count). The third-order valence-corrected chi connectivity index (χ3v) is 6.27. The second-order valence-electron chi connectivity index (χ2n) is 6.95. The summed E-state index contributed by atoms with van der Waals surface area (Å²) in [5.74, 6) is 0. The monoisotopic (exact) mass is 784 g/mol. The average Bonchev–Trinajstić information content (AvgIpc) is 2.81. The normalized spacial score (nSPS) is 14.1. The van der Waals surface area contributed by atoms with Gasteiger partial charge in [0.25, 0.3) is 61.2 Å². The van der Waals surface area contributed by atoms with Crippen LogP contribution < -0.4 is 0 Å². The van der Waals surface area contributed by atoms with Crippen LogP contribution in [0.5, 0.6) is 0 Å². The molecule has 0 bridgehead atoms. The van der Waals surface area contributed by atoms with Crippen molar-refractivity contribution >= 4 is 112 Å². The van der Waals surface area contributed by atoms with Gasteiger partial charge in [0.05, 0.1) is 26.2 Å². The third-order valence-electron chi connectivity index (χ3n) is 3.35. The van der Waals surface area contributed by atoms with Crippen molar-refractivity contribution in [2.24, 2.45) is 0 Å². The van der Waals surface area contributed by atoms with Crippen LogP contribution in [0, 0.1) is 0 Å². The molecule has 0 heterocycles. The maximum absolute atomic E-state index is 10.9. The third kappa shape index (κ3) is 32.7. The zero-order valence-electron chi connectivity index (χ0n) is 23.2. The van der Waals surface area contributed by atoms with Gasteiger partial charge in [0.15, 0.2) is 0 Å². The number of rotatable bonds is 26. The summed E-state index contributed by atoms with van der Waals surface area (Å²) in [4.78, 5) is 0. The van der Waals surface area contributed by atoms with Gasteiger partial charge in [-0.25, -0.2) is 36.5 Å². The topological polar surface area (TPSA) is 223 Å². The molecule has 0 amide bonds. The van der Waals surface area contributed by atoms with E-state index in [4.69, 9.17) is 18.5 Å². The Kier molecular flexibility index (Phi) is 28.3. The molecule has 44 heavy (non-hydrogen) atoms. The molecule has 0 saturated carbocycles. The van der Waals surface area contributed by atoms with Gasteiger partial charge in [0.1, 0.15) is 0 Å². The minimum Gasteiger partial charge on any atom is -0.250 e. The van der Waals surface area contributed by atoms with Crippen molar-refractivity contribution in [3.8, 4) is 0 Å². The summed E-state index contributed by atoms with van der Waals surface area (Å²) in [5.41, 5.74) is 0. The minimum absolute atomic E-state index is 0.222. The van der Waals surface area contributed by atoms with Gasteiger partial charge in [0.2, 0.25) is 0 Å². The lowest BCUT2D eigenvalue weighted by atomic mass is 10.2. The molecule has 0 spiro atoms. The molecule has 0 N–H and O–H groups in total.